The van der Waals surface area contributed by atoms with Crippen LogP contribution in [0.5, 0.6) is 0 Å². The normalized spacial score (nSPS) is 18.6. The summed E-state index contributed by atoms with van der Waals surface area (Å²) in [6.07, 6.45) is 0.0723. The van der Waals surface area contributed by atoms with Gasteiger partial charge >= 0.3 is 0 Å². The molecule has 31 heavy (non-hydrogen) atoms. The summed E-state index contributed by atoms with van der Waals surface area (Å²) in [6, 6.07) is 14.5. The number of nitrogens with one attached hydrogen (secondary N) is 3. The highest BCUT2D eigenvalue weighted by Crippen LogP contribution is 2.36. The van der Waals surface area contributed by atoms with Gasteiger partial charge in [0.25, 0.3) is 0 Å². The van der Waals surface area contributed by atoms with Crippen molar-refractivity contribution in [3.8, 4) is 0 Å². The molecule has 162 valence electrons. The molecular formula is C22H24N4O4S. The third-order valence-corrected chi connectivity index (χ3v) is 6.28. The van der Waals surface area contributed by atoms with E-state index < -0.39 is 5.25 Å². The Bertz CT molecular complexity index is 960. The number of nitrogens with zero attached hydrogens (tertiary/aromatic N) is 1. The molecule has 0 radical (unpaired) electrons. The van der Waals surface area contributed by atoms with E-state index in [0.717, 1.165) is 23.7 Å². The van der Waals surface area contributed by atoms with Crippen LogP contribution in [0.3, 0.4) is 0 Å². The zero-order valence-corrected chi connectivity index (χ0v) is 17.7. The minimum atomic E-state index is -0.478. The molecule has 3 N–H and O–H groups in total. The number of carbonyl (C=O) groups excluding carboxylic acids is 3. The molecule has 1 fully saturated rings. The maximum Gasteiger partial charge on any atom is 0.238 e. The Morgan fingerprint density at radius 3 is 2.35 bits per heavy atom. The zero-order valence-electron chi connectivity index (χ0n) is 16.9. The summed E-state index contributed by atoms with van der Waals surface area (Å²) in [5.74, 6) is -0.493. The van der Waals surface area contributed by atoms with Crippen LogP contribution in [0.2, 0.25) is 0 Å². The van der Waals surface area contributed by atoms with Gasteiger partial charge in [-0.3, -0.25) is 19.3 Å². The topological polar surface area (TPSA) is 99.8 Å². The molecule has 0 aliphatic carbocycles. The van der Waals surface area contributed by atoms with E-state index in [-0.39, 0.29) is 24.1 Å². The Hall–Kier alpha value is -2.88. The Morgan fingerprint density at radius 2 is 1.65 bits per heavy atom. The minimum absolute atomic E-state index is 0.0723. The van der Waals surface area contributed by atoms with E-state index in [2.05, 4.69) is 16.0 Å². The second-order valence-electron chi connectivity index (χ2n) is 7.36. The molecule has 1 atom stereocenters. The van der Waals surface area contributed by atoms with E-state index in [9.17, 15) is 14.4 Å². The Kier molecular flexibility index (Phi) is 6.86. The maximum absolute atomic E-state index is 12.4. The van der Waals surface area contributed by atoms with E-state index in [0.29, 0.717) is 31.1 Å². The first kappa shape index (κ1) is 21.4. The molecule has 9 heteroatoms. The van der Waals surface area contributed by atoms with Gasteiger partial charge in [0.15, 0.2) is 0 Å². The number of amides is 3. The molecule has 0 aromatic heterocycles. The summed E-state index contributed by atoms with van der Waals surface area (Å²) < 4.78 is 5.28. The van der Waals surface area contributed by atoms with Crippen molar-refractivity contribution < 1.29 is 19.1 Å². The molecule has 2 heterocycles. The smallest absolute Gasteiger partial charge is 0.238 e. The summed E-state index contributed by atoms with van der Waals surface area (Å²) in [6.45, 7) is 3.12. The lowest BCUT2D eigenvalue weighted by molar-refractivity contribution is -0.120. The van der Waals surface area contributed by atoms with Crippen LogP contribution < -0.4 is 16.0 Å². The molecule has 8 nitrogen and oxygen atoms in total. The molecule has 0 bridgehead atoms. The van der Waals surface area contributed by atoms with Crippen LogP contribution in [0.1, 0.15) is 6.42 Å². The third-order valence-electron chi connectivity index (χ3n) is 5.00. The van der Waals surface area contributed by atoms with Gasteiger partial charge in [0.1, 0.15) is 0 Å². The molecule has 2 aromatic carbocycles. The highest BCUT2D eigenvalue weighted by Gasteiger charge is 2.28. The van der Waals surface area contributed by atoms with E-state index >= 15 is 0 Å². The van der Waals surface area contributed by atoms with Crippen LogP contribution in [0.4, 0.5) is 17.1 Å². The third kappa shape index (κ3) is 5.84. The van der Waals surface area contributed by atoms with Crippen LogP contribution >= 0.6 is 11.8 Å². The molecule has 2 aromatic rings. The fourth-order valence-corrected chi connectivity index (χ4v) is 4.52. The van der Waals surface area contributed by atoms with Gasteiger partial charge in [-0.2, -0.15) is 0 Å². The summed E-state index contributed by atoms with van der Waals surface area (Å²) in [7, 11) is 0. The Balaban J connectivity index is 1.26. The zero-order chi connectivity index (χ0) is 21.6. The molecule has 2 aliphatic heterocycles. The van der Waals surface area contributed by atoms with Crippen molar-refractivity contribution in [2.24, 2.45) is 0 Å². The predicted molar refractivity (Wildman–Crippen MR) is 120 cm³/mol. The van der Waals surface area contributed by atoms with Crippen molar-refractivity contribution in [3.05, 3.63) is 48.5 Å². The highest BCUT2D eigenvalue weighted by atomic mass is 32.2. The standard InChI is InChI=1S/C22H24N4O4S/c27-20(13-19-22(29)25-17-3-1-2-4-18(17)31-19)23-15-5-7-16(8-6-15)24-21(28)14-26-9-11-30-12-10-26/h1-8,19H,9-14H2,(H,23,27)(H,24,28)(H,25,29). The summed E-state index contributed by atoms with van der Waals surface area (Å²) >= 11 is 1.40. The van der Waals surface area contributed by atoms with Gasteiger partial charge in [0.05, 0.1) is 30.7 Å². The lowest BCUT2D eigenvalue weighted by atomic mass is 10.2. The molecule has 2 aliphatic rings. The van der Waals surface area contributed by atoms with Gasteiger partial charge in [-0.15, -0.1) is 11.8 Å². The van der Waals surface area contributed by atoms with Gasteiger partial charge in [-0.1, -0.05) is 12.1 Å². The number of para-hydroxylation sites is 1. The lowest BCUT2D eigenvalue weighted by Gasteiger charge is -2.25. The first-order valence-corrected chi connectivity index (χ1v) is 11.0. The number of morpholine rings is 1. The molecular weight excluding hydrogens is 416 g/mol. The van der Waals surface area contributed by atoms with E-state index in [1.807, 2.05) is 29.2 Å². The second kappa shape index (κ2) is 9.95. The van der Waals surface area contributed by atoms with Crippen LogP contribution in [0, 0.1) is 0 Å². The second-order valence-corrected chi connectivity index (χ2v) is 8.60. The van der Waals surface area contributed by atoms with Crippen molar-refractivity contribution in [1.29, 1.82) is 0 Å². The van der Waals surface area contributed by atoms with Gasteiger partial charge in [-0.25, -0.2) is 0 Å². The number of thioether (sulfide) groups is 1. The summed E-state index contributed by atoms with van der Waals surface area (Å²) in [5.41, 5.74) is 2.05. The van der Waals surface area contributed by atoms with Gasteiger partial charge < -0.3 is 20.7 Å². The van der Waals surface area contributed by atoms with Crippen LogP contribution in [-0.2, 0) is 19.1 Å². The number of benzene rings is 2. The predicted octanol–water partition coefficient (Wildman–Crippen LogP) is 2.40. The number of hydrogen-bond acceptors (Lipinski definition) is 6. The summed E-state index contributed by atoms with van der Waals surface area (Å²) in [4.78, 5) is 39.9. The number of fused-ring (bicyclic) bond motifs is 1. The Labute approximate surface area is 184 Å². The number of carbonyl (C=O) groups is 3. The van der Waals surface area contributed by atoms with Crippen LogP contribution in [0.15, 0.2) is 53.4 Å². The highest BCUT2D eigenvalue weighted by molar-refractivity contribution is 8.01. The fourth-order valence-electron chi connectivity index (χ4n) is 3.41. The van der Waals surface area contributed by atoms with Crippen molar-refractivity contribution in [2.45, 2.75) is 16.6 Å². The number of rotatable bonds is 6. The molecule has 3 amide bonds. The number of ether oxygens (including phenoxy) is 1. The van der Waals surface area contributed by atoms with Crippen molar-refractivity contribution in [1.82, 2.24) is 4.90 Å². The molecule has 4 rings (SSSR count). The van der Waals surface area contributed by atoms with Crippen LogP contribution in [0.25, 0.3) is 0 Å². The average Bonchev–Trinajstić information content (AvgIpc) is 2.76. The Morgan fingerprint density at radius 1 is 1.00 bits per heavy atom. The lowest BCUT2D eigenvalue weighted by Crippen LogP contribution is -2.41. The van der Waals surface area contributed by atoms with Gasteiger partial charge in [-0.05, 0) is 36.4 Å². The minimum Gasteiger partial charge on any atom is -0.379 e. The number of anilines is 3. The van der Waals surface area contributed by atoms with Gasteiger partial charge in [0, 0.05) is 35.8 Å². The van der Waals surface area contributed by atoms with Crippen molar-refractivity contribution >= 4 is 46.5 Å². The molecule has 1 saturated heterocycles. The largest absolute Gasteiger partial charge is 0.379 e. The van der Waals surface area contributed by atoms with E-state index in [1.54, 1.807) is 24.3 Å². The fraction of sp³-hybridized carbons (Fsp3) is 0.318. The van der Waals surface area contributed by atoms with Crippen molar-refractivity contribution in [3.63, 3.8) is 0 Å². The van der Waals surface area contributed by atoms with E-state index in [4.69, 9.17) is 4.74 Å². The first-order chi connectivity index (χ1) is 15.1. The maximum atomic E-state index is 12.4. The van der Waals surface area contributed by atoms with Gasteiger partial charge in [0.2, 0.25) is 17.7 Å². The summed E-state index contributed by atoms with van der Waals surface area (Å²) in [5, 5.41) is 8.04. The quantitative estimate of drug-likeness (QED) is 0.638. The SMILES string of the molecule is O=C(CC1Sc2ccccc2NC1=O)Nc1ccc(NC(=O)CN2CCOCC2)cc1. The van der Waals surface area contributed by atoms with Crippen LogP contribution in [-0.4, -0.2) is 60.7 Å². The van der Waals surface area contributed by atoms with Crippen molar-refractivity contribution in [2.75, 3.05) is 48.8 Å². The molecule has 0 spiro atoms. The molecule has 0 saturated carbocycles. The molecule has 1 unspecified atom stereocenters. The first-order valence-electron chi connectivity index (χ1n) is 10.1. The monoisotopic (exact) mass is 440 g/mol. The number of hydrogen-bond donors (Lipinski definition) is 3. The average molecular weight is 441 g/mol. The van der Waals surface area contributed by atoms with E-state index in [1.165, 1.54) is 11.8 Å².